The van der Waals surface area contributed by atoms with Crippen LogP contribution in [0.3, 0.4) is 0 Å². The van der Waals surface area contributed by atoms with E-state index in [0.717, 1.165) is 32.5 Å². The summed E-state index contributed by atoms with van der Waals surface area (Å²) in [6.07, 6.45) is 2.92. The normalized spacial score (nSPS) is 16.0. The quantitative estimate of drug-likeness (QED) is 0.873. The van der Waals surface area contributed by atoms with Crippen LogP contribution in [0.5, 0.6) is 0 Å². The first-order chi connectivity index (χ1) is 10.1. The Labute approximate surface area is 128 Å². The van der Waals surface area contributed by atoms with Crippen molar-refractivity contribution >= 4 is 11.6 Å². The number of hydrogen-bond donors (Lipinski definition) is 1. The van der Waals surface area contributed by atoms with Crippen molar-refractivity contribution in [3.05, 3.63) is 29.8 Å². The van der Waals surface area contributed by atoms with E-state index in [2.05, 4.69) is 41.4 Å². The van der Waals surface area contributed by atoms with Crippen LogP contribution in [0.1, 0.15) is 37.8 Å². The molecule has 1 heterocycles. The summed E-state index contributed by atoms with van der Waals surface area (Å²) in [5, 5.41) is 3.44. The molecule has 1 N–H and O–H groups in total. The second-order valence-corrected chi connectivity index (χ2v) is 6.00. The van der Waals surface area contributed by atoms with E-state index in [4.69, 9.17) is 0 Å². The third-order valence-corrected chi connectivity index (χ3v) is 4.16. The number of nitrogens with one attached hydrogen (secondary N) is 1. The SMILES string of the molecule is CC(NCCC(=O)N1CCCC1)c1ccc(N(C)C)cc1. The van der Waals surface area contributed by atoms with Crippen LogP contribution in [0.25, 0.3) is 0 Å². The fourth-order valence-corrected chi connectivity index (χ4v) is 2.70. The van der Waals surface area contributed by atoms with E-state index in [0.29, 0.717) is 6.42 Å². The van der Waals surface area contributed by atoms with Crippen LogP contribution in [0.4, 0.5) is 5.69 Å². The van der Waals surface area contributed by atoms with E-state index < -0.39 is 0 Å². The first-order valence-corrected chi connectivity index (χ1v) is 7.86. The summed E-state index contributed by atoms with van der Waals surface area (Å²) < 4.78 is 0. The molecular formula is C17H27N3O. The highest BCUT2D eigenvalue weighted by atomic mass is 16.2. The van der Waals surface area contributed by atoms with Crippen molar-refractivity contribution in [2.45, 2.75) is 32.2 Å². The Morgan fingerprint density at radius 2 is 1.86 bits per heavy atom. The zero-order chi connectivity index (χ0) is 15.2. The molecule has 1 atom stereocenters. The van der Waals surface area contributed by atoms with Gasteiger partial charge in [-0.25, -0.2) is 0 Å². The number of hydrogen-bond acceptors (Lipinski definition) is 3. The summed E-state index contributed by atoms with van der Waals surface area (Å²) in [4.78, 5) is 16.0. The molecule has 0 radical (unpaired) electrons. The minimum absolute atomic E-state index is 0.271. The standard InChI is InChI=1S/C17H27N3O/c1-14(15-6-8-16(9-7-15)19(2)3)18-11-10-17(21)20-12-4-5-13-20/h6-9,14,18H,4-5,10-13H2,1-3H3. The van der Waals surface area contributed by atoms with Gasteiger partial charge in [-0.2, -0.15) is 0 Å². The van der Waals surface area contributed by atoms with E-state index in [-0.39, 0.29) is 11.9 Å². The molecule has 0 spiro atoms. The average molecular weight is 289 g/mol. The number of rotatable bonds is 6. The van der Waals surface area contributed by atoms with Crippen LogP contribution in [0, 0.1) is 0 Å². The van der Waals surface area contributed by atoms with Crippen molar-refractivity contribution in [1.82, 2.24) is 10.2 Å². The minimum atomic E-state index is 0.271. The van der Waals surface area contributed by atoms with E-state index in [1.165, 1.54) is 11.3 Å². The predicted octanol–water partition coefficient (Wildman–Crippen LogP) is 2.42. The van der Waals surface area contributed by atoms with Gasteiger partial charge in [-0.15, -0.1) is 0 Å². The molecule has 1 aromatic rings. The number of benzene rings is 1. The number of anilines is 1. The van der Waals surface area contributed by atoms with Crippen molar-refractivity contribution in [1.29, 1.82) is 0 Å². The Hall–Kier alpha value is -1.55. The van der Waals surface area contributed by atoms with Gasteiger partial charge < -0.3 is 15.1 Å². The number of carbonyl (C=O) groups is 1. The van der Waals surface area contributed by atoms with Crippen LogP contribution in [-0.4, -0.2) is 44.5 Å². The molecule has 0 aromatic heterocycles. The summed E-state index contributed by atoms with van der Waals surface area (Å²) in [6, 6.07) is 8.82. The van der Waals surface area contributed by atoms with Gasteiger partial charge in [-0.05, 0) is 37.5 Å². The zero-order valence-electron chi connectivity index (χ0n) is 13.4. The lowest BCUT2D eigenvalue weighted by Crippen LogP contribution is -2.31. The molecule has 0 aliphatic carbocycles. The highest BCUT2D eigenvalue weighted by molar-refractivity contribution is 5.76. The lowest BCUT2D eigenvalue weighted by atomic mass is 10.1. The van der Waals surface area contributed by atoms with E-state index in [1.807, 2.05) is 19.0 Å². The smallest absolute Gasteiger partial charge is 0.223 e. The molecule has 0 saturated carbocycles. The van der Waals surface area contributed by atoms with Crippen molar-refractivity contribution in [2.24, 2.45) is 0 Å². The van der Waals surface area contributed by atoms with Gasteiger partial charge >= 0.3 is 0 Å². The van der Waals surface area contributed by atoms with Gasteiger partial charge in [0.2, 0.25) is 5.91 Å². The number of carbonyl (C=O) groups excluding carboxylic acids is 1. The van der Waals surface area contributed by atoms with Crippen molar-refractivity contribution in [2.75, 3.05) is 38.6 Å². The van der Waals surface area contributed by atoms with Crippen LogP contribution in [0.2, 0.25) is 0 Å². The molecule has 1 saturated heterocycles. The molecule has 2 rings (SSSR count). The predicted molar refractivity (Wildman–Crippen MR) is 87.6 cm³/mol. The van der Waals surface area contributed by atoms with Crippen LogP contribution < -0.4 is 10.2 Å². The summed E-state index contributed by atoms with van der Waals surface area (Å²) in [7, 11) is 4.08. The highest BCUT2D eigenvalue weighted by Crippen LogP contribution is 2.17. The van der Waals surface area contributed by atoms with Gasteiger partial charge in [0, 0.05) is 51.9 Å². The van der Waals surface area contributed by atoms with E-state index in [1.54, 1.807) is 0 Å². The molecule has 4 nitrogen and oxygen atoms in total. The Morgan fingerprint density at radius 3 is 2.43 bits per heavy atom. The maximum atomic E-state index is 12.0. The molecular weight excluding hydrogens is 262 g/mol. The van der Waals surface area contributed by atoms with Gasteiger partial charge in [0.15, 0.2) is 0 Å². The van der Waals surface area contributed by atoms with Crippen molar-refractivity contribution < 1.29 is 4.79 Å². The third kappa shape index (κ3) is 4.46. The minimum Gasteiger partial charge on any atom is -0.378 e. The second-order valence-electron chi connectivity index (χ2n) is 6.00. The number of amides is 1. The first kappa shape index (κ1) is 15.8. The first-order valence-electron chi connectivity index (χ1n) is 7.86. The monoisotopic (exact) mass is 289 g/mol. The maximum Gasteiger partial charge on any atom is 0.223 e. The fourth-order valence-electron chi connectivity index (χ4n) is 2.70. The summed E-state index contributed by atoms with van der Waals surface area (Å²) in [5.74, 6) is 0.287. The van der Waals surface area contributed by atoms with Gasteiger partial charge in [0.05, 0.1) is 0 Å². The van der Waals surface area contributed by atoms with Crippen LogP contribution >= 0.6 is 0 Å². The maximum absolute atomic E-state index is 12.0. The van der Waals surface area contributed by atoms with Gasteiger partial charge in [0.1, 0.15) is 0 Å². The molecule has 1 unspecified atom stereocenters. The molecule has 21 heavy (non-hydrogen) atoms. The largest absolute Gasteiger partial charge is 0.378 e. The van der Waals surface area contributed by atoms with Crippen LogP contribution in [0.15, 0.2) is 24.3 Å². The molecule has 1 fully saturated rings. The Bertz CT molecular complexity index is 450. The van der Waals surface area contributed by atoms with Crippen LogP contribution in [-0.2, 0) is 4.79 Å². The Morgan fingerprint density at radius 1 is 1.24 bits per heavy atom. The number of nitrogens with zero attached hydrogens (tertiary/aromatic N) is 2. The second kappa shape index (κ2) is 7.46. The molecule has 4 heteroatoms. The Balaban J connectivity index is 1.76. The molecule has 0 bridgehead atoms. The van der Waals surface area contributed by atoms with Gasteiger partial charge in [0.25, 0.3) is 0 Å². The molecule has 1 amide bonds. The fraction of sp³-hybridized carbons (Fsp3) is 0.588. The average Bonchev–Trinajstić information content (AvgIpc) is 3.01. The Kier molecular flexibility index (Phi) is 5.62. The zero-order valence-corrected chi connectivity index (χ0v) is 13.4. The number of likely N-dealkylation sites (tertiary alicyclic amines) is 1. The lowest BCUT2D eigenvalue weighted by molar-refractivity contribution is -0.130. The molecule has 1 aromatic carbocycles. The molecule has 1 aliphatic rings. The summed E-state index contributed by atoms with van der Waals surface area (Å²) >= 11 is 0. The lowest BCUT2D eigenvalue weighted by Gasteiger charge is -2.18. The molecule has 1 aliphatic heterocycles. The van der Waals surface area contributed by atoms with Crippen molar-refractivity contribution in [3.63, 3.8) is 0 Å². The van der Waals surface area contributed by atoms with Gasteiger partial charge in [-0.1, -0.05) is 12.1 Å². The van der Waals surface area contributed by atoms with E-state index >= 15 is 0 Å². The summed E-state index contributed by atoms with van der Waals surface area (Å²) in [5.41, 5.74) is 2.46. The van der Waals surface area contributed by atoms with Crippen molar-refractivity contribution in [3.8, 4) is 0 Å². The topological polar surface area (TPSA) is 35.6 Å². The third-order valence-electron chi connectivity index (χ3n) is 4.16. The highest BCUT2D eigenvalue weighted by Gasteiger charge is 2.17. The summed E-state index contributed by atoms with van der Waals surface area (Å²) in [6.45, 7) is 4.78. The molecule has 116 valence electrons. The van der Waals surface area contributed by atoms with Gasteiger partial charge in [-0.3, -0.25) is 4.79 Å². The van der Waals surface area contributed by atoms with E-state index in [9.17, 15) is 4.79 Å².